The van der Waals surface area contributed by atoms with E-state index in [1.807, 2.05) is 0 Å². The van der Waals surface area contributed by atoms with Crippen LogP contribution in [0, 0.1) is 0 Å². The molecule has 3 N–H and O–H groups in total. The maximum Gasteiger partial charge on any atom is 0.328 e. The van der Waals surface area contributed by atoms with Crippen LogP contribution in [0.25, 0.3) is 0 Å². The van der Waals surface area contributed by atoms with Gasteiger partial charge in [0.15, 0.2) is 6.04 Å². The molecular formula is C13H17NO5S. The molecule has 1 aromatic rings. The Kier molecular flexibility index (Phi) is 6.33. The van der Waals surface area contributed by atoms with Gasteiger partial charge in [0.2, 0.25) is 5.91 Å². The summed E-state index contributed by atoms with van der Waals surface area (Å²) in [7, 11) is 1.57. The van der Waals surface area contributed by atoms with E-state index in [1.54, 1.807) is 31.4 Å². The van der Waals surface area contributed by atoms with Crippen molar-refractivity contribution in [1.82, 2.24) is 5.32 Å². The lowest BCUT2D eigenvalue weighted by Crippen LogP contribution is -2.48. The van der Waals surface area contributed by atoms with Crippen molar-refractivity contribution in [3.05, 3.63) is 24.3 Å². The van der Waals surface area contributed by atoms with Gasteiger partial charge in [-0.15, -0.1) is 11.8 Å². The number of carbonyl (C=O) groups is 2. The van der Waals surface area contributed by atoms with Gasteiger partial charge in [-0.2, -0.15) is 0 Å². The van der Waals surface area contributed by atoms with Gasteiger partial charge in [0.1, 0.15) is 5.75 Å². The summed E-state index contributed by atoms with van der Waals surface area (Å²) in [4.78, 5) is 23.3. The fourth-order valence-electron chi connectivity index (χ4n) is 1.42. The minimum Gasteiger partial charge on any atom is -0.497 e. The molecule has 0 aliphatic carbocycles. The average Bonchev–Trinajstić information content (AvgIpc) is 2.42. The molecule has 0 aliphatic heterocycles. The van der Waals surface area contributed by atoms with Crippen LogP contribution in [0.2, 0.25) is 0 Å². The highest BCUT2D eigenvalue weighted by molar-refractivity contribution is 8.00. The van der Waals surface area contributed by atoms with E-state index in [0.717, 1.165) is 10.6 Å². The van der Waals surface area contributed by atoms with Gasteiger partial charge in [-0.05, 0) is 31.2 Å². The van der Waals surface area contributed by atoms with Crippen molar-refractivity contribution in [2.75, 3.05) is 12.9 Å². The number of ether oxygens (including phenoxy) is 1. The summed E-state index contributed by atoms with van der Waals surface area (Å²) in [5.41, 5.74) is 0. The first-order valence-electron chi connectivity index (χ1n) is 5.91. The van der Waals surface area contributed by atoms with Crippen LogP contribution in [0.1, 0.15) is 6.92 Å². The van der Waals surface area contributed by atoms with E-state index < -0.39 is 24.0 Å². The Morgan fingerprint density at radius 2 is 1.95 bits per heavy atom. The lowest BCUT2D eigenvalue weighted by atomic mass is 10.2. The number of carboxylic acid groups (broad SMARTS) is 1. The van der Waals surface area contributed by atoms with Crippen molar-refractivity contribution in [2.24, 2.45) is 0 Å². The zero-order valence-corrected chi connectivity index (χ0v) is 12.0. The predicted molar refractivity (Wildman–Crippen MR) is 75.0 cm³/mol. The maximum absolute atomic E-state index is 11.6. The van der Waals surface area contributed by atoms with Crippen LogP contribution in [0.4, 0.5) is 0 Å². The number of hydrogen-bond acceptors (Lipinski definition) is 5. The van der Waals surface area contributed by atoms with Gasteiger partial charge < -0.3 is 20.3 Å². The molecule has 110 valence electrons. The van der Waals surface area contributed by atoms with Crippen LogP contribution in [-0.4, -0.2) is 47.1 Å². The van der Waals surface area contributed by atoms with Crippen molar-refractivity contribution in [3.63, 3.8) is 0 Å². The van der Waals surface area contributed by atoms with E-state index in [0.29, 0.717) is 0 Å². The van der Waals surface area contributed by atoms with E-state index in [1.165, 1.54) is 18.7 Å². The van der Waals surface area contributed by atoms with Gasteiger partial charge in [-0.1, -0.05) is 0 Å². The van der Waals surface area contributed by atoms with Crippen molar-refractivity contribution in [2.45, 2.75) is 24.0 Å². The number of aliphatic hydroxyl groups is 1. The summed E-state index contributed by atoms with van der Waals surface area (Å²) in [5.74, 6) is -0.913. The van der Waals surface area contributed by atoms with Crippen LogP contribution in [0.5, 0.6) is 5.75 Å². The number of aliphatic carboxylic acids is 1. The Labute approximate surface area is 121 Å². The van der Waals surface area contributed by atoms with Crippen molar-refractivity contribution in [1.29, 1.82) is 0 Å². The van der Waals surface area contributed by atoms with Gasteiger partial charge in [-0.25, -0.2) is 4.79 Å². The maximum atomic E-state index is 11.6. The van der Waals surface area contributed by atoms with Gasteiger partial charge in [0.25, 0.3) is 0 Å². The Morgan fingerprint density at radius 3 is 2.40 bits per heavy atom. The Bertz CT molecular complexity index is 460. The summed E-state index contributed by atoms with van der Waals surface area (Å²) < 4.78 is 5.02. The standard InChI is InChI=1S/C13H17NO5S/c1-8(15)12(13(17)18)14-11(16)7-20-10-5-3-9(19-2)4-6-10/h3-6,8,12,15H,7H2,1-2H3,(H,14,16)(H,17,18)/t8-,12+/m1/s1. The smallest absolute Gasteiger partial charge is 0.328 e. The number of rotatable bonds is 7. The fraction of sp³-hybridized carbons (Fsp3) is 0.385. The molecule has 0 saturated heterocycles. The molecule has 0 aliphatic rings. The summed E-state index contributed by atoms with van der Waals surface area (Å²) >= 11 is 1.27. The van der Waals surface area contributed by atoms with Crippen LogP contribution < -0.4 is 10.1 Å². The van der Waals surface area contributed by atoms with Gasteiger partial charge in [0.05, 0.1) is 19.0 Å². The van der Waals surface area contributed by atoms with E-state index in [-0.39, 0.29) is 5.75 Å². The van der Waals surface area contributed by atoms with E-state index >= 15 is 0 Å². The van der Waals surface area contributed by atoms with E-state index in [9.17, 15) is 14.7 Å². The second kappa shape index (κ2) is 7.76. The van der Waals surface area contributed by atoms with E-state index in [2.05, 4.69) is 5.32 Å². The topological polar surface area (TPSA) is 95.9 Å². The molecule has 0 heterocycles. The SMILES string of the molecule is COc1ccc(SCC(=O)N[C@H](C(=O)O)[C@@H](C)O)cc1. The molecule has 0 radical (unpaired) electrons. The number of amides is 1. The molecule has 1 rings (SSSR count). The fourth-order valence-corrected chi connectivity index (χ4v) is 2.13. The highest BCUT2D eigenvalue weighted by Crippen LogP contribution is 2.20. The Morgan fingerprint density at radius 1 is 1.35 bits per heavy atom. The van der Waals surface area contributed by atoms with Crippen LogP contribution >= 0.6 is 11.8 Å². The molecule has 20 heavy (non-hydrogen) atoms. The van der Waals surface area contributed by atoms with Crippen molar-refractivity contribution >= 4 is 23.6 Å². The number of thioether (sulfide) groups is 1. The van der Waals surface area contributed by atoms with Crippen LogP contribution in [-0.2, 0) is 9.59 Å². The first-order chi connectivity index (χ1) is 9.43. The molecule has 1 amide bonds. The molecule has 0 saturated carbocycles. The number of benzene rings is 1. The zero-order chi connectivity index (χ0) is 15.1. The largest absolute Gasteiger partial charge is 0.497 e. The van der Waals surface area contributed by atoms with Gasteiger partial charge in [-0.3, -0.25) is 4.79 Å². The minimum absolute atomic E-state index is 0.0723. The summed E-state index contributed by atoms with van der Waals surface area (Å²) in [5, 5.41) is 20.4. The summed E-state index contributed by atoms with van der Waals surface area (Å²) in [6.45, 7) is 1.32. The third-order valence-electron chi connectivity index (χ3n) is 2.49. The van der Waals surface area contributed by atoms with Crippen LogP contribution in [0.3, 0.4) is 0 Å². The number of carbonyl (C=O) groups excluding carboxylic acids is 1. The first kappa shape index (κ1) is 16.3. The second-order valence-electron chi connectivity index (χ2n) is 4.09. The van der Waals surface area contributed by atoms with Crippen molar-refractivity contribution in [3.8, 4) is 5.75 Å². The predicted octanol–water partition coefficient (Wildman–Crippen LogP) is 0.737. The van der Waals surface area contributed by atoms with Gasteiger partial charge >= 0.3 is 5.97 Å². The third-order valence-corrected chi connectivity index (χ3v) is 3.51. The minimum atomic E-state index is -1.29. The zero-order valence-electron chi connectivity index (χ0n) is 11.2. The molecule has 0 spiro atoms. The number of hydrogen-bond donors (Lipinski definition) is 3. The monoisotopic (exact) mass is 299 g/mol. The Hall–Kier alpha value is -1.73. The molecule has 0 bridgehead atoms. The summed E-state index contributed by atoms with van der Waals surface area (Å²) in [6, 6.07) is 5.87. The molecule has 1 aromatic carbocycles. The average molecular weight is 299 g/mol. The second-order valence-corrected chi connectivity index (χ2v) is 5.14. The molecule has 6 nitrogen and oxygen atoms in total. The number of nitrogens with one attached hydrogen (secondary N) is 1. The molecule has 7 heteroatoms. The normalized spacial score (nSPS) is 13.3. The lowest BCUT2D eigenvalue weighted by Gasteiger charge is -2.16. The first-order valence-corrected chi connectivity index (χ1v) is 6.89. The molecule has 2 atom stereocenters. The quantitative estimate of drug-likeness (QED) is 0.643. The highest BCUT2D eigenvalue weighted by atomic mass is 32.2. The molecule has 0 fully saturated rings. The summed E-state index contributed by atoms with van der Waals surface area (Å²) in [6.07, 6.45) is -1.15. The molecular weight excluding hydrogens is 282 g/mol. The third kappa shape index (κ3) is 5.10. The molecule has 0 aromatic heterocycles. The van der Waals surface area contributed by atoms with Crippen molar-refractivity contribution < 1.29 is 24.5 Å². The Balaban J connectivity index is 2.47. The van der Waals surface area contributed by atoms with Gasteiger partial charge in [0, 0.05) is 4.90 Å². The van der Waals surface area contributed by atoms with E-state index in [4.69, 9.17) is 9.84 Å². The molecule has 0 unspecified atom stereocenters. The van der Waals surface area contributed by atoms with Crippen LogP contribution in [0.15, 0.2) is 29.2 Å². The number of methoxy groups -OCH3 is 1. The number of carboxylic acids is 1. The number of aliphatic hydroxyl groups excluding tert-OH is 1. The lowest BCUT2D eigenvalue weighted by molar-refractivity contribution is -0.144. The highest BCUT2D eigenvalue weighted by Gasteiger charge is 2.24.